The van der Waals surface area contributed by atoms with E-state index in [-0.39, 0.29) is 0 Å². The van der Waals surface area contributed by atoms with E-state index in [9.17, 15) is 0 Å². The summed E-state index contributed by atoms with van der Waals surface area (Å²) in [6.45, 7) is 9.00. The average molecular weight is 264 g/mol. The summed E-state index contributed by atoms with van der Waals surface area (Å²) in [6, 6.07) is 2.17. The molecule has 0 aliphatic carbocycles. The van der Waals surface area contributed by atoms with Crippen molar-refractivity contribution in [3.63, 3.8) is 0 Å². The molecule has 0 spiro atoms. The number of thiophene rings is 1. The van der Waals surface area contributed by atoms with Crippen LogP contribution in [-0.4, -0.2) is 29.6 Å². The third kappa shape index (κ3) is 2.62. The number of nitrogens with two attached hydrogens (primary N) is 1. The van der Waals surface area contributed by atoms with Crippen LogP contribution in [0, 0.1) is 12.8 Å². The number of nitrogens with zero attached hydrogens (tertiary/aromatic N) is 3. The minimum absolute atomic E-state index is 0.467. The molecule has 18 heavy (non-hydrogen) atoms. The number of fused-ring (bicyclic) bond motifs is 1. The zero-order valence-electron chi connectivity index (χ0n) is 11.2. The first-order valence-corrected chi connectivity index (χ1v) is 7.13. The average Bonchev–Trinajstić information content (AvgIpc) is 2.75. The Morgan fingerprint density at radius 2 is 2.22 bits per heavy atom. The van der Waals surface area contributed by atoms with Gasteiger partial charge in [0.1, 0.15) is 17.0 Å². The lowest BCUT2D eigenvalue weighted by molar-refractivity contribution is 0.574. The molecule has 4 nitrogen and oxygen atoms in total. The van der Waals surface area contributed by atoms with E-state index in [1.807, 2.05) is 0 Å². The Morgan fingerprint density at radius 3 is 2.89 bits per heavy atom. The van der Waals surface area contributed by atoms with Crippen molar-refractivity contribution in [2.45, 2.75) is 20.8 Å². The van der Waals surface area contributed by atoms with E-state index in [2.05, 4.69) is 41.7 Å². The predicted molar refractivity (Wildman–Crippen MR) is 78.3 cm³/mol. The summed E-state index contributed by atoms with van der Waals surface area (Å²) >= 11 is 1.72. The molecule has 2 rings (SSSR count). The van der Waals surface area contributed by atoms with Crippen LogP contribution in [0.25, 0.3) is 10.2 Å². The molecule has 98 valence electrons. The number of anilines is 1. The van der Waals surface area contributed by atoms with Gasteiger partial charge in [0.15, 0.2) is 0 Å². The topological polar surface area (TPSA) is 55.0 Å². The van der Waals surface area contributed by atoms with Crippen LogP contribution in [0.4, 0.5) is 5.82 Å². The molecule has 0 aliphatic rings. The van der Waals surface area contributed by atoms with Crippen molar-refractivity contribution >= 4 is 27.4 Å². The molecule has 0 aliphatic heterocycles. The van der Waals surface area contributed by atoms with E-state index in [1.54, 1.807) is 17.7 Å². The molecule has 2 heterocycles. The predicted octanol–water partition coefficient (Wildman–Crippen LogP) is 2.42. The fourth-order valence-corrected chi connectivity index (χ4v) is 2.87. The van der Waals surface area contributed by atoms with Crippen LogP contribution in [-0.2, 0) is 0 Å². The van der Waals surface area contributed by atoms with Crippen LogP contribution in [0.5, 0.6) is 0 Å². The van der Waals surface area contributed by atoms with Crippen molar-refractivity contribution in [1.29, 1.82) is 0 Å². The highest BCUT2D eigenvalue weighted by Gasteiger charge is 2.14. The van der Waals surface area contributed by atoms with E-state index in [0.29, 0.717) is 12.5 Å². The smallest absolute Gasteiger partial charge is 0.140 e. The summed E-state index contributed by atoms with van der Waals surface area (Å²) in [6.07, 6.45) is 1.66. The summed E-state index contributed by atoms with van der Waals surface area (Å²) < 4.78 is 0. The Hall–Kier alpha value is -1.20. The van der Waals surface area contributed by atoms with Crippen LogP contribution in [0.1, 0.15) is 18.7 Å². The first-order valence-electron chi connectivity index (χ1n) is 6.31. The Labute approximate surface area is 112 Å². The normalized spacial score (nSPS) is 12.9. The summed E-state index contributed by atoms with van der Waals surface area (Å²) in [4.78, 5) is 13.4. The van der Waals surface area contributed by atoms with E-state index >= 15 is 0 Å². The summed E-state index contributed by atoms with van der Waals surface area (Å²) in [5.41, 5.74) is 5.71. The molecular formula is C13H20N4S. The van der Waals surface area contributed by atoms with E-state index in [4.69, 9.17) is 5.73 Å². The molecule has 5 heteroatoms. The second-order valence-corrected chi connectivity index (χ2v) is 5.89. The van der Waals surface area contributed by atoms with Gasteiger partial charge in [0.05, 0.1) is 5.39 Å². The fraction of sp³-hybridized carbons (Fsp3) is 0.538. The molecule has 0 radical (unpaired) electrons. The van der Waals surface area contributed by atoms with E-state index < -0.39 is 0 Å². The second kappa shape index (κ2) is 5.63. The summed E-state index contributed by atoms with van der Waals surface area (Å²) in [7, 11) is 0. The maximum Gasteiger partial charge on any atom is 0.140 e. The van der Waals surface area contributed by atoms with Gasteiger partial charge in [0.25, 0.3) is 0 Å². The van der Waals surface area contributed by atoms with Gasteiger partial charge in [0.2, 0.25) is 0 Å². The summed E-state index contributed by atoms with van der Waals surface area (Å²) in [5, 5.41) is 1.16. The molecule has 2 N–H and O–H groups in total. The molecule has 1 unspecified atom stereocenters. The minimum Gasteiger partial charge on any atom is -0.356 e. The third-order valence-electron chi connectivity index (χ3n) is 3.05. The Morgan fingerprint density at radius 1 is 1.44 bits per heavy atom. The monoisotopic (exact) mass is 264 g/mol. The first kappa shape index (κ1) is 13.2. The fourth-order valence-electron chi connectivity index (χ4n) is 2.03. The van der Waals surface area contributed by atoms with E-state index in [0.717, 1.165) is 29.1 Å². The van der Waals surface area contributed by atoms with Crippen molar-refractivity contribution < 1.29 is 0 Å². The van der Waals surface area contributed by atoms with Gasteiger partial charge in [-0.1, -0.05) is 6.92 Å². The number of hydrogen-bond acceptors (Lipinski definition) is 5. The quantitative estimate of drug-likeness (QED) is 0.901. The Kier molecular flexibility index (Phi) is 4.14. The molecule has 0 aromatic carbocycles. The molecule has 1 atom stereocenters. The third-order valence-corrected chi connectivity index (χ3v) is 4.01. The lowest BCUT2D eigenvalue weighted by Crippen LogP contribution is -2.32. The molecule has 2 aromatic heterocycles. The molecule has 0 saturated carbocycles. The summed E-state index contributed by atoms with van der Waals surface area (Å²) in [5.74, 6) is 1.50. The largest absolute Gasteiger partial charge is 0.356 e. The molecule has 0 fully saturated rings. The molecular weight excluding hydrogens is 244 g/mol. The van der Waals surface area contributed by atoms with Crippen LogP contribution in [0.15, 0.2) is 12.4 Å². The maximum atomic E-state index is 5.71. The van der Waals surface area contributed by atoms with Crippen molar-refractivity contribution in [2.24, 2.45) is 11.7 Å². The van der Waals surface area contributed by atoms with Gasteiger partial charge in [-0.15, -0.1) is 11.3 Å². The van der Waals surface area contributed by atoms with Gasteiger partial charge in [-0.05, 0) is 32.4 Å². The van der Waals surface area contributed by atoms with Gasteiger partial charge >= 0.3 is 0 Å². The minimum atomic E-state index is 0.467. The van der Waals surface area contributed by atoms with Crippen molar-refractivity contribution in [2.75, 3.05) is 24.5 Å². The molecule has 0 bridgehead atoms. The Balaban J connectivity index is 2.38. The van der Waals surface area contributed by atoms with Crippen LogP contribution in [0.2, 0.25) is 0 Å². The van der Waals surface area contributed by atoms with Gasteiger partial charge < -0.3 is 10.6 Å². The highest BCUT2D eigenvalue weighted by Crippen LogP contribution is 2.29. The lowest BCUT2D eigenvalue weighted by atomic mass is 10.1. The highest BCUT2D eigenvalue weighted by molar-refractivity contribution is 7.18. The zero-order chi connectivity index (χ0) is 13.1. The van der Waals surface area contributed by atoms with Crippen molar-refractivity contribution in [3.8, 4) is 0 Å². The first-order chi connectivity index (χ1) is 8.65. The number of rotatable bonds is 5. The number of hydrogen-bond donors (Lipinski definition) is 1. The van der Waals surface area contributed by atoms with Gasteiger partial charge in [-0.3, -0.25) is 0 Å². The number of aryl methyl sites for hydroxylation is 1. The van der Waals surface area contributed by atoms with Crippen molar-refractivity contribution in [3.05, 3.63) is 17.3 Å². The van der Waals surface area contributed by atoms with Gasteiger partial charge in [-0.2, -0.15) is 0 Å². The van der Waals surface area contributed by atoms with E-state index in [1.165, 1.54) is 4.88 Å². The molecule has 0 saturated heterocycles. The van der Waals surface area contributed by atoms with Crippen LogP contribution in [0.3, 0.4) is 0 Å². The second-order valence-electron chi connectivity index (χ2n) is 4.65. The van der Waals surface area contributed by atoms with Crippen molar-refractivity contribution in [1.82, 2.24) is 9.97 Å². The Bertz CT molecular complexity index is 523. The maximum absolute atomic E-state index is 5.71. The number of aromatic nitrogens is 2. The molecule has 0 amide bonds. The van der Waals surface area contributed by atoms with Crippen LogP contribution >= 0.6 is 11.3 Å². The van der Waals surface area contributed by atoms with Gasteiger partial charge in [-0.25, -0.2) is 9.97 Å². The molecule has 2 aromatic rings. The SMILES string of the molecule is CCN(CC(C)CN)c1ncnc2sc(C)cc12. The standard InChI is InChI=1S/C13H20N4S/c1-4-17(7-9(2)6-14)12-11-5-10(3)18-13(11)16-8-15-12/h5,8-9H,4,6-7,14H2,1-3H3. The van der Waals surface area contributed by atoms with Gasteiger partial charge in [0, 0.05) is 18.0 Å². The van der Waals surface area contributed by atoms with Crippen LogP contribution < -0.4 is 10.6 Å². The zero-order valence-corrected chi connectivity index (χ0v) is 12.0. The lowest BCUT2D eigenvalue weighted by Gasteiger charge is -2.25. The highest BCUT2D eigenvalue weighted by atomic mass is 32.1.